The Hall–Kier alpha value is -2.93. The summed E-state index contributed by atoms with van der Waals surface area (Å²) in [7, 11) is 0. The van der Waals surface area contributed by atoms with E-state index >= 15 is 0 Å². The van der Waals surface area contributed by atoms with E-state index in [9.17, 15) is 9.59 Å². The first kappa shape index (κ1) is 22.4. The Bertz CT molecular complexity index is 911. The second kappa shape index (κ2) is 10.0. The lowest BCUT2D eigenvalue weighted by Gasteiger charge is -2.23. The molecule has 0 heterocycles. The molecule has 4 N–H and O–H groups in total. The molecule has 2 amide bonds. The molecule has 2 aromatic carbocycles. The zero-order valence-electron chi connectivity index (χ0n) is 17.4. The number of anilines is 1. The van der Waals surface area contributed by atoms with Gasteiger partial charge in [0.15, 0.2) is 5.11 Å². The van der Waals surface area contributed by atoms with E-state index in [-0.39, 0.29) is 22.8 Å². The molecule has 1 atom stereocenters. The fourth-order valence-electron chi connectivity index (χ4n) is 2.82. The first-order valence-corrected chi connectivity index (χ1v) is 9.91. The summed E-state index contributed by atoms with van der Waals surface area (Å²) in [6.45, 7) is 9.61. The van der Waals surface area contributed by atoms with Gasteiger partial charge in [0, 0.05) is 11.3 Å². The summed E-state index contributed by atoms with van der Waals surface area (Å²) in [5, 5.41) is 6.14. The molecule has 0 spiro atoms. The number of carbonyl (C=O) groups excluding carboxylic acids is 2. The highest BCUT2D eigenvalue weighted by Crippen LogP contribution is 2.17. The second-order valence-corrected chi connectivity index (χ2v) is 7.73. The van der Waals surface area contributed by atoms with Crippen molar-refractivity contribution in [3.63, 3.8) is 0 Å². The van der Waals surface area contributed by atoms with E-state index in [0.29, 0.717) is 5.56 Å². The third kappa shape index (κ3) is 6.02. The van der Waals surface area contributed by atoms with Crippen LogP contribution in [0.2, 0.25) is 0 Å². The average molecular weight is 413 g/mol. The maximum atomic E-state index is 12.6. The first-order valence-electron chi connectivity index (χ1n) is 9.50. The quantitative estimate of drug-likeness (QED) is 0.447. The van der Waals surface area contributed by atoms with Crippen LogP contribution in [0.15, 0.2) is 42.5 Å². The summed E-state index contributed by atoms with van der Waals surface area (Å²) in [5.74, 6) is -0.759. The minimum absolute atomic E-state index is 0.106. The van der Waals surface area contributed by atoms with Gasteiger partial charge >= 0.3 is 0 Å². The third-order valence-corrected chi connectivity index (χ3v) is 4.98. The van der Waals surface area contributed by atoms with Crippen LogP contribution in [0, 0.1) is 26.7 Å². The molecular formula is C22H28N4O2S. The monoisotopic (exact) mass is 412 g/mol. The SMILES string of the molecule is Cc1ccccc1C(=O)NC(C(=O)NNC(=S)Nc1cccc(C)c1C)C(C)C. The second-order valence-electron chi connectivity index (χ2n) is 7.33. The lowest BCUT2D eigenvalue weighted by Crippen LogP contribution is -2.55. The molecule has 0 saturated carbocycles. The summed E-state index contributed by atoms with van der Waals surface area (Å²) in [5.41, 5.74) is 9.77. The third-order valence-electron chi connectivity index (χ3n) is 4.78. The van der Waals surface area contributed by atoms with Crippen LogP contribution >= 0.6 is 12.2 Å². The minimum atomic E-state index is -0.710. The standard InChI is InChI=1S/C22H28N4O2S/c1-13(2)19(24-20(27)17-11-7-6-9-15(17)4)21(28)25-26-22(29)23-18-12-8-10-14(3)16(18)5/h6-13,19H,1-5H3,(H,24,27)(H,25,28)(H2,23,26,29). The van der Waals surface area contributed by atoms with Gasteiger partial charge in [0.05, 0.1) is 0 Å². The molecule has 29 heavy (non-hydrogen) atoms. The fraction of sp³-hybridized carbons (Fsp3) is 0.318. The van der Waals surface area contributed by atoms with Gasteiger partial charge in [-0.1, -0.05) is 44.2 Å². The van der Waals surface area contributed by atoms with Crippen molar-refractivity contribution in [3.05, 3.63) is 64.7 Å². The van der Waals surface area contributed by atoms with Crippen LogP contribution in [0.3, 0.4) is 0 Å². The summed E-state index contributed by atoms with van der Waals surface area (Å²) < 4.78 is 0. The van der Waals surface area contributed by atoms with E-state index in [0.717, 1.165) is 22.4 Å². The van der Waals surface area contributed by atoms with Gasteiger partial charge in [0.2, 0.25) is 0 Å². The number of carbonyl (C=O) groups is 2. The van der Waals surface area contributed by atoms with Crippen LogP contribution in [-0.4, -0.2) is 23.0 Å². The number of nitrogens with one attached hydrogen (secondary N) is 4. The van der Waals surface area contributed by atoms with Crippen molar-refractivity contribution < 1.29 is 9.59 Å². The molecule has 0 radical (unpaired) electrons. The van der Waals surface area contributed by atoms with E-state index in [1.807, 2.05) is 65.0 Å². The van der Waals surface area contributed by atoms with Gasteiger partial charge in [-0.2, -0.15) is 0 Å². The minimum Gasteiger partial charge on any atom is -0.340 e. The molecule has 0 aliphatic rings. The molecule has 7 heteroatoms. The Morgan fingerprint density at radius 1 is 0.897 bits per heavy atom. The molecule has 2 rings (SSSR count). The number of hydrogen-bond donors (Lipinski definition) is 4. The molecular weight excluding hydrogens is 384 g/mol. The van der Waals surface area contributed by atoms with Gasteiger partial charge in [-0.15, -0.1) is 0 Å². The molecule has 1 unspecified atom stereocenters. The highest BCUT2D eigenvalue weighted by Gasteiger charge is 2.25. The zero-order chi connectivity index (χ0) is 21.6. The van der Waals surface area contributed by atoms with Gasteiger partial charge in [0.25, 0.3) is 11.8 Å². The summed E-state index contributed by atoms with van der Waals surface area (Å²) in [4.78, 5) is 25.2. The molecule has 6 nitrogen and oxygen atoms in total. The molecule has 154 valence electrons. The van der Waals surface area contributed by atoms with Crippen LogP contribution in [0.4, 0.5) is 5.69 Å². The Morgan fingerprint density at radius 3 is 2.21 bits per heavy atom. The van der Waals surface area contributed by atoms with Crippen LogP contribution < -0.4 is 21.5 Å². The van der Waals surface area contributed by atoms with Gasteiger partial charge in [0.1, 0.15) is 6.04 Å². The first-order chi connectivity index (χ1) is 13.7. The van der Waals surface area contributed by atoms with Crippen molar-refractivity contribution in [2.24, 2.45) is 5.92 Å². The molecule has 0 aliphatic carbocycles. The number of hydrazine groups is 1. The van der Waals surface area contributed by atoms with Crippen molar-refractivity contribution in [3.8, 4) is 0 Å². The molecule has 0 fully saturated rings. The van der Waals surface area contributed by atoms with Crippen LogP contribution in [-0.2, 0) is 4.79 Å². The smallest absolute Gasteiger partial charge is 0.261 e. The summed E-state index contributed by atoms with van der Waals surface area (Å²) >= 11 is 5.27. The Balaban J connectivity index is 1.97. The van der Waals surface area contributed by atoms with Crippen LogP contribution in [0.5, 0.6) is 0 Å². The van der Waals surface area contributed by atoms with Crippen molar-refractivity contribution in [1.29, 1.82) is 0 Å². The number of amides is 2. The van der Waals surface area contributed by atoms with Crippen molar-refractivity contribution >= 4 is 34.8 Å². The normalized spacial score (nSPS) is 11.5. The average Bonchev–Trinajstić information content (AvgIpc) is 2.67. The highest BCUT2D eigenvalue weighted by molar-refractivity contribution is 7.80. The lowest BCUT2D eigenvalue weighted by molar-refractivity contribution is -0.124. The van der Waals surface area contributed by atoms with Crippen LogP contribution in [0.25, 0.3) is 0 Å². The number of aryl methyl sites for hydroxylation is 2. The topological polar surface area (TPSA) is 82.3 Å². The molecule has 0 bridgehead atoms. The van der Waals surface area contributed by atoms with E-state index < -0.39 is 6.04 Å². The summed E-state index contributed by atoms with van der Waals surface area (Å²) in [6.07, 6.45) is 0. The molecule has 0 saturated heterocycles. The van der Waals surface area contributed by atoms with E-state index in [4.69, 9.17) is 12.2 Å². The predicted molar refractivity (Wildman–Crippen MR) is 121 cm³/mol. The number of benzene rings is 2. The molecule has 0 aromatic heterocycles. The Morgan fingerprint density at radius 2 is 1.55 bits per heavy atom. The largest absolute Gasteiger partial charge is 0.340 e. The predicted octanol–water partition coefficient (Wildman–Crippen LogP) is 3.38. The van der Waals surface area contributed by atoms with Gasteiger partial charge in [-0.05, 0) is 67.7 Å². The highest BCUT2D eigenvalue weighted by atomic mass is 32.1. The van der Waals surface area contributed by atoms with Crippen molar-refractivity contribution in [1.82, 2.24) is 16.2 Å². The maximum absolute atomic E-state index is 12.6. The Kier molecular flexibility index (Phi) is 7.73. The fourth-order valence-corrected chi connectivity index (χ4v) is 2.98. The maximum Gasteiger partial charge on any atom is 0.261 e. The van der Waals surface area contributed by atoms with Gasteiger partial charge in [-0.25, -0.2) is 0 Å². The lowest BCUT2D eigenvalue weighted by atomic mass is 10.0. The zero-order valence-corrected chi connectivity index (χ0v) is 18.2. The van der Waals surface area contributed by atoms with E-state index in [1.54, 1.807) is 12.1 Å². The number of rotatable bonds is 5. The van der Waals surface area contributed by atoms with Crippen LogP contribution in [0.1, 0.15) is 40.9 Å². The van der Waals surface area contributed by atoms with Crippen molar-refractivity contribution in [2.75, 3.05) is 5.32 Å². The molecule has 0 aliphatic heterocycles. The van der Waals surface area contributed by atoms with Gasteiger partial charge in [-0.3, -0.25) is 20.4 Å². The summed E-state index contributed by atoms with van der Waals surface area (Å²) in [6, 6.07) is 12.4. The van der Waals surface area contributed by atoms with E-state index in [1.165, 1.54) is 0 Å². The number of hydrogen-bond acceptors (Lipinski definition) is 3. The van der Waals surface area contributed by atoms with Gasteiger partial charge < -0.3 is 10.6 Å². The van der Waals surface area contributed by atoms with Crippen molar-refractivity contribution in [2.45, 2.75) is 40.7 Å². The Labute approximate surface area is 177 Å². The van der Waals surface area contributed by atoms with E-state index in [2.05, 4.69) is 21.5 Å². The number of thiocarbonyl (C=S) groups is 1. The molecule has 2 aromatic rings.